The van der Waals surface area contributed by atoms with Crippen LogP contribution in [0.4, 0.5) is 0 Å². The molecule has 0 radical (unpaired) electrons. The second-order valence-electron chi connectivity index (χ2n) is 5.31. The average molecular weight is 271 g/mol. The summed E-state index contributed by atoms with van der Waals surface area (Å²) in [6, 6.07) is 11.0. The van der Waals surface area contributed by atoms with Gasteiger partial charge in [-0.1, -0.05) is 30.3 Å². The van der Waals surface area contributed by atoms with Crippen molar-refractivity contribution in [2.24, 2.45) is 0 Å². The van der Waals surface area contributed by atoms with E-state index in [4.69, 9.17) is 0 Å². The molecular weight excluding hydrogens is 246 g/mol. The summed E-state index contributed by atoms with van der Waals surface area (Å²) in [5.74, 6) is 0. The Balaban J connectivity index is 1.95. The third-order valence-corrected chi connectivity index (χ3v) is 3.88. The molecule has 1 N–H and O–H groups in total. The number of benzene rings is 1. The van der Waals surface area contributed by atoms with E-state index in [9.17, 15) is 0 Å². The fourth-order valence-corrected chi connectivity index (χ4v) is 2.83. The lowest BCUT2D eigenvalue weighted by atomic mass is 10.1. The first kappa shape index (κ1) is 14.8. The molecule has 1 unspecified atom stereocenters. The summed E-state index contributed by atoms with van der Waals surface area (Å²) in [4.78, 5) is 0. The number of hydrogen-bond donors (Lipinski definition) is 1. The fraction of sp³-hybridized carbons (Fsp3) is 0.471. The summed E-state index contributed by atoms with van der Waals surface area (Å²) in [5.41, 5.74) is 5.15. The first-order chi connectivity index (χ1) is 9.63. The molecule has 1 heterocycles. The summed E-state index contributed by atoms with van der Waals surface area (Å²) >= 11 is 0. The molecule has 2 aromatic rings. The van der Waals surface area contributed by atoms with Crippen molar-refractivity contribution < 1.29 is 0 Å². The van der Waals surface area contributed by atoms with Crippen LogP contribution in [0, 0.1) is 13.8 Å². The zero-order valence-corrected chi connectivity index (χ0v) is 13.0. The van der Waals surface area contributed by atoms with Gasteiger partial charge in [-0.15, -0.1) is 0 Å². The van der Waals surface area contributed by atoms with Crippen molar-refractivity contribution >= 4 is 0 Å². The number of hydrogen-bond acceptors (Lipinski definition) is 2. The molecule has 3 heteroatoms. The van der Waals surface area contributed by atoms with E-state index in [0.29, 0.717) is 6.04 Å². The van der Waals surface area contributed by atoms with Gasteiger partial charge in [-0.25, -0.2) is 0 Å². The number of rotatable bonds is 6. The average Bonchev–Trinajstić information content (AvgIpc) is 2.74. The molecule has 0 aliphatic heterocycles. The fourth-order valence-electron chi connectivity index (χ4n) is 2.83. The molecular formula is C17H25N3. The largest absolute Gasteiger partial charge is 0.310 e. The third kappa shape index (κ3) is 3.28. The molecule has 0 saturated carbocycles. The number of nitrogens with zero attached hydrogens (tertiary/aromatic N) is 2. The Morgan fingerprint density at radius 3 is 2.50 bits per heavy atom. The van der Waals surface area contributed by atoms with Crippen LogP contribution in [0.1, 0.15) is 42.4 Å². The number of nitrogens with one attached hydrogen (secondary N) is 1. The van der Waals surface area contributed by atoms with Crippen molar-refractivity contribution in [2.75, 3.05) is 6.54 Å². The lowest BCUT2D eigenvalue weighted by molar-refractivity contribution is 0.568. The van der Waals surface area contributed by atoms with Crippen LogP contribution < -0.4 is 5.32 Å². The zero-order valence-electron chi connectivity index (χ0n) is 13.0. The van der Waals surface area contributed by atoms with Gasteiger partial charge in [-0.2, -0.15) is 5.10 Å². The van der Waals surface area contributed by atoms with E-state index in [1.54, 1.807) is 0 Å². The van der Waals surface area contributed by atoms with Crippen LogP contribution in [0.15, 0.2) is 30.3 Å². The predicted molar refractivity (Wildman–Crippen MR) is 83.9 cm³/mol. The molecule has 0 fully saturated rings. The molecule has 0 aliphatic rings. The Morgan fingerprint density at radius 2 is 1.90 bits per heavy atom. The molecule has 2 rings (SSSR count). The summed E-state index contributed by atoms with van der Waals surface area (Å²) < 4.78 is 2.08. The number of aromatic nitrogens is 2. The molecule has 20 heavy (non-hydrogen) atoms. The second kappa shape index (κ2) is 6.71. The van der Waals surface area contributed by atoms with Crippen LogP contribution in [0.3, 0.4) is 0 Å². The Hall–Kier alpha value is -1.61. The third-order valence-electron chi connectivity index (χ3n) is 3.88. The Morgan fingerprint density at radius 1 is 1.20 bits per heavy atom. The lowest BCUT2D eigenvalue weighted by Crippen LogP contribution is -2.22. The molecule has 108 valence electrons. The first-order valence-electron chi connectivity index (χ1n) is 7.44. The lowest BCUT2D eigenvalue weighted by Gasteiger charge is -2.15. The second-order valence-corrected chi connectivity index (χ2v) is 5.31. The van der Waals surface area contributed by atoms with Crippen LogP contribution >= 0.6 is 0 Å². The maximum atomic E-state index is 4.59. The van der Waals surface area contributed by atoms with E-state index in [1.165, 1.54) is 16.8 Å². The van der Waals surface area contributed by atoms with Gasteiger partial charge in [-0.05, 0) is 46.2 Å². The van der Waals surface area contributed by atoms with E-state index >= 15 is 0 Å². The van der Waals surface area contributed by atoms with E-state index in [0.717, 1.165) is 25.2 Å². The summed E-state index contributed by atoms with van der Waals surface area (Å²) in [6.45, 7) is 10.5. The van der Waals surface area contributed by atoms with Crippen molar-refractivity contribution in [2.45, 2.75) is 46.7 Å². The molecule has 0 spiro atoms. The SMILES string of the molecule is CCn1nc(C)c(C(C)NCCc2ccccc2)c1C. The number of aryl methyl sites for hydroxylation is 2. The van der Waals surface area contributed by atoms with Crippen molar-refractivity contribution in [3.8, 4) is 0 Å². The van der Waals surface area contributed by atoms with Crippen molar-refractivity contribution in [1.29, 1.82) is 0 Å². The van der Waals surface area contributed by atoms with Gasteiger partial charge in [0.2, 0.25) is 0 Å². The molecule has 1 aromatic carbocycles. The van der Waals surface area contributed by atoms with E-state index in [1.807, 2.05) is 0 Å². The predicted octanol–water partition coefficient (Wildman–Crippen LogP) is 3.41. The van der Waals surface area contributed by atoms with E-state index in [2.05, 4.69) is 73.1 Å². The van der Waals surface area contributed by atoms with Gasteiger partial charge in [0.05, 0.1) is 5.69 Å². The minimum Gasteiger partial charge on any atom is -0.310 e. The Kier molecular flexibility index (Phi) is 4.96. The van der Waals surface area contributed by atoms with Crippen molar-refractivity contribution in [1.82, 2.24) is 15.1 Å². The Labute approximate surface area is 122 Å². The molecule has 1 aromatic heterocycles. The standard InChI is InChI=1S/C17H25N3/c1-5-20-15(4)17(14(3)19-20)13(2)18-12-11-16-9-7-6-8-10-16/h6-10,13,18H,5,11-12H2,1-4H3. The molecule has 0 aliphatic carbocycles. The van der Waals surface area contributed by atoms with Gasteiger partial charge < -0.3 is 5.32 Å². The smallest absolute Gasteiger partial charge is 0.0644 e. The van der Waals surface area contributed by atoms with E-state index in [-0.39, 0.29) is 0 Å². The maximum Gasteiger partial charge on any atom is 0.0644 e. The molecule has 1 atom stereocenters. The zero-order chi connectivity index (χ0) is 14.5. The summed E-state index contributed by atoms with van der Waals surface area (Å²) in [6.07, 6.45) is 1.06. The highest BCUT2D eigenvalue weighted by atomic mass is 15.3. The first-order valence-corrected chi connectivity index (χ1v) is 7.44. The van der Waals surface area contributed by atoms with Gasteiger partial charge in [0.1, 0.15) is 0 Å². The molecule has 0 bridgehead atoms. The topological polar surface area (TPSA) is 29.9 Å². The van der Waals surface area contributed by atoms with Crippen molar-refractivity contribution in [3.05, 3.63) is 52.8 Å². The Bertz CT molecular complexity index is 543. The summed E-state index contributed by atoms with van der Waals surface area (Å²) in [5, 5.41) is 8.21. The van der Waals surface area contributed by atoms with Crippen LogP contribution in [0.25, 0.3) is 0 Å². The molecule has 3 nitrogen and oxygen atoms in total. The van der Waals surface area contributed by atoms with Crippen LogP contribution in [-0.2, 0) is 13.0 Å². The highest BCUT2D eigenvalue weighted by Crippen LogP contribution is 2.21. The van der Waals surface area contributed by atoms with Gasteiger partial charge in [0, 0.05) is 23.8 Å². The quantitative estimate of drug-likeness (QED) is 0.872. The van der Waals surface area contributed by atoms with Crippen LogP contribution in [-0.4, -0.2) is 16.3 Å². The van der Waals surface area contributed by atoms with Crippen LogP contribution in [0.2, 0.25) is 0 Å². The monoisotopic (exact) mass is 271 g/mol. The molecule has 0 saturated heterocycles. The highest BCUT2D eigenvalue weighted by molar-refractivity contribution is 5.27. The highest BCUT2D eigenvalue weighted by Gasteiger charge is 2.16. The minimum absolute atomic E-state index is 0.346. The van der Waals surface area contributed by atoms with Crippen LogP contribution in [0.5, 0.6) is 0 Å². The van der Waals surface area contributed by atoms with Gasteiger partial charge in [0.25, 0.3) is 0 Å². The van der Waals surface area contributed by atoms with Gasteiger partial charge >= 0.3 is 0 Å². The normalized spacial score (nSPS) is 12.6. The summed E-state index contributed by atoms with van der Waals surface area (Å²) in [7, 11) is 0. The van der Waals surface area contributed by atoms with Gasteiger partial charge in [-0.3, -0.25) is 4.68 Å². The molecule has 0 amide bonds. The van der Waals surface area contributed by atoms with Gasteiger partial charge in [0.15, 0.2) is 0 Å². The maximum absolute atomic E-state index is 4.59. The van der Waals surface area contributed by atoms with Crippen molar-refractivity contribution in [3.63, 3.8) is 0 Å². The minimum atomic E-state index is 0.346. The van der Waals surface area contributed by atoms with E-state index < -0.39 is 0 Å².